The molecule has 0 bridgehead atoms. The van der Waals surface area contributed by atoms with E-state index in [1.807, 2.05) is 18.2 Å². The minimum atomic E-state index is -3.23. The molecule has 1 aliphatic carbocycles. The molecule has 1 aliphatic heterocycles. The predicted molar refractivity (Wildman–Crippen MR) is 103 cm³/mol. The van der Waals surface area contributed by atoms with Crippen LogP contribution >= 0.6 is 0 Å². The Hall–Kier alpha value is -1.40. The van der Waals surface area contributed by atoms with Crippen LogP contribution in [-0.2, 0) is 21.2 Å². The summed E-state index contributed by atoms with van der Waals surface area (Å²) >= 11 is 0. The summed E-state index contributed by atoms with van der Waals surface area (Å²) in [5, 5.41) is 0. The van der Waals surface area contributed by atoms with E-state index in [2.05, 4.69) is 17.0 Å². The van der Waals surface area contributed by atoms with Gasteiger partial charge in [0, 0.05) is 25.7 Å². The normalized spacial score (nSPS) is 22.4. The van der Waals surface area contributed by atoms with E-state index in [9.17, 15) is 13.2 Å². The maximum atomic E-state index is 13.3. The standard InChI is InChI=1S/C20H30N2O3S/c1-26(24,25)21-14-7-10-18(16-21)20(23)22(19-11-5-6-12-19)15-13-17-8-3-2-4-9-17/h2-4,8-9,18-19H,5-7,10-16H2,1H3. The third-order valence-corrected chi connectivity index (χ3v) is 7.00. The number of rotatable bonds is 6. The first-order chi connectivity index (χ1) is 12.4. The summed E-state index contributed by atoms with van der Waals surface area (Å²) in [6, 6.07) is 10.6. The number of piperidine rings is 1. The fourth-order valence-electron chi connectivity index (χ4n) is 4.26. The van der Waals surface area contributed by atoms with Gasteiger partial charge in [-0.05, 0) is 37.7 Å². The molecule has 1 atom stereocenters. The minimum absolute atomic E-state index is 0.154. The molecule has 2 aliphatic rings. The average Bonchev–Trinajstić information content (AvgIpc) is 3.16. The third-order valence-electron chi connectivity index (χ3n) is 5.74. The summed E-state index contributed by atoms with van der Waals surface area (Å²) in [6.45, 7) is 1.60. The van der Waals surface area contributed by atoms with Gasteiger partial charge < -0.3 is 4.90 Å². The molecule has 1 saturated heterocycles. The number of hydrogen-bond donors (Lipinski definition) is 0. The van der Waals surface area contributed by atoms with E-state index in [0.29, 0.717) is 19.1 Å². The van der Waals surface area contributed by atoms with Crippen LogP contribution in [0.25, 0.3) is 0 Å². The monoisotopic (exact) mass is 378 g/mol. The quantitative estimate of drug-likeness (QED) is 0.765. The summed E-state index contributed by atoms with van der Waals surface area (Å²) in [4.78, 5) is 15.3. The van der Waals surface area contributed by atoms with Crippen molar-refractivity contribution in [1.82, 2.24) is 9.21 Å². The van der Waals surface area contributed by atoms with Gasteiger partial charge in [-0.2, -0.15) is 0 Å². The van der Waals surface area contributed by atoms with Crippen LogP contribution in [0.4, 0.5) is 0 Å². The Balaban J connectivity index is 1.70. The maximum Gasteiger partial charge on any atom is 0.227 e. The highest BCUT2D eigenvalue weighted by Crippen LogP contribution is 2.28. The van der Waals surface area contributed by atoms with Gasteiger partial charge in [0.05, 0.1) is 12.2 Å². The van der Waals surface area contributed by atoms with Crippen molar-refractivity contribution in [3.63, 3.8) is 0 Å². The van der Waals surface area contributed by atoms with Crippen LogP contribution < -0.4 is 0 Å². The van der Waals surface area contributed by atoms with Gasteiger partial charge in [-0.3, -0.25) is 4.79 Å². The van der Waals surface area contributed by atoms with Crippen LogP contribution in [0.2, 0.25) is 0 Å². The molecule has 2 fully saturated rings. The molecule has 6 heteroatoms. The zero-order valence-electron chi connectivity index (χ0n) is 15.6. The van der Waals surface area contributed by atoms with Gasteiger partial charge in [-0.1, -0.05) is 43.2 Å². The molecule has 1 amide bonds. The highest BCUT2D eigenvalue weighted by molar-refractivity contribution is 7.88. The number of benzene rings is 1. The smallest absolute Gasteiger partial charge is 0.227 e. The summed E-state index contributed by atoms with van der Waals surface area (Å²) in [5.41, 5.74) is 1.24. The lowest BCUT2D eigenvalue weighted by molar-refractivity contribution is -0.139. The van der Waals surface area contributed by atoms with E-state index < -0.39 is 10.0 Å². The summed E-state index contributed by atoms with van der Waals surface area (Å²) in [6.07, 6.45) is 8.15. The zero-order chi connectivity index (χ0) is 18.6. The Morgan fingerprint density at radius 3 is 2.46 bits per heavy atom. The van der Waals surface area contributed by atoms with Crippen molar-refractivity contribution >= 4 is 15.9 Å². The number of sulfonamides is 1. The van der Waals surface area contributed by atoms with Gasteiger partial charge in [0.2, 0.25) is 15.9 Å². The Morgan fingerprint density at radius 1 is 1.12 bits per heavy atom. The number of carbonyl (C=O) groups excluding carboxylic acids is 1. The lowest BCUT2D eigenvalue weighted by Crippen LogP contribution is -2.49. The molecule has 144 valence electrons. The van der Waals surface area contributed by atoms with Crippen LogP contribution in [-0.4, -0.2) is 55.5 Å². The van der Waals surface area contributed by atoms with Gasteiger partial charge in [0.15, 0.2) is 0 Å². The molecule has 0 aromatic heterocycles. The SMILES string of the molecule is CS(=O)(=O)N1CCCC(C(=O)N(CCc2ccccc2)C2CCCC2)C1. The second kappa shape index (κ2) is 8.53. The molecule has 5 nitrogen and oxygen atoms in total. The molecule has 1 aromatic rings. The van der Waals surface area contributed by atoms with Crippen molar-refractivity contribution in [3.8, 4) is 0 Å². The van der Waals surface area contributed by atoms with E-state index in [-0.39, 0.29) is 11.8 Å². The van der Waals surface area contributed by atoms with E-state index in [1.165, 1.54) is 29.0 Å². The van der Waals surface area contributed by atoms with Gasteiger partial charge >= 0.3 is 0 Å². The summed E-state index contributed by atoms with van der Waals surface area (Å²) in [7, 11) is -3.23. The molecule has 1 heterocycles. The Kier molecular flexibility index (Phi) is 6.35. The first-order valence-corrected chi connectivity index (χ1v) is 11.6. The van der Waals surface area contributed by atoms with Gasteiger partial charge in [0.25, 0.3) is 0 Å². The van der Waals surface area contributed by atoms with Crippen molar-refractivity contribution in [2.75, 3.05) is 25.9 Å². The number of amides is 1. The Morgan fingerprint density at radius 2 is 1.81 bits per heavy atom. The Bertz CT molecular complexity index is 699. The number of nitrogens with zero attached hydrogens (tertiary/aromatic N) is 2. The van der Waals surface area contributed by atoms with E-state index >= 15 is 0 Å². The third kappa shape index (κ3) is 4.86. The molecule has 0 radical (unpaired) electrons. The first-order valence-electron chi connectivity index (χ1n) is 9.74. The second-order valence-electron chi connectivity index (χ2n) is 7.67. The molecule has 1 unspecified atom stereocenters. The first kappa shape index (κ1) is 19.4. The second-order valence-corrected chi connectivity index (χ2v) is 9.65. The van der Waals surface area contributed by atoms with Crippen LogP contribution in [0.1, 0.15) is 44.1 Å². The topological polar surface area (TPSA) is 57.7 Å². The van der Waals surface area contributed by atoms with Crippen molar-refractivity contribution in [1.29, 1.82) is 0 Å². The van der Waals surface area contributed by atoms with Crippen LogP contribution in [0.3, 0.4) is 0 Å². The van der Waals surface area contributed by atoms with Gasteiger partial charge in [0.1, 0.15) is 0 Å². The molecular weight excluding hydrogens is 348 g/mol. The van der Waals surface area contributed by atoms with Crippen molar-refractivity contribution in [2.24, 2.45) is 5.92 Å². The maximum absolute atomic E-state index is 13.3. The highest BCUT2D eigenvalue weighted by atomic mass is 32.2. The molecule has 1 saturated carbocycles. The van der Waals surface area contributed by atoms with Crippen LogP contribution in [0.5, 0.6) is 0 Å². The lowest BCUT2D eigenvalue weighted by atomic mass is 9.96. The van der Waals surface area contributed by atoms with E-state index in [0.717, 1.165) is 38.6 Å². The van der Waals surface area contributed by atoms with E-state index in [1.54, 1.807) is 0 Å². The Labute approximate surface area is 157 Å². The van der Waals surface area contributed by atoms with Crippen LogP contribution in [0.15, 0.2) is 30.3 Å². The molecular formula is C20H30N2O3S. The zero-order valence-corrected chi connectivity index (χ0v) is 16.5. The fraction of sp³-hybridized carbons (Fsp3) is 0.650. The number of hydrogen-bond acceptors (Lipinski definition) is 3. The van der Waals surface area contributed by atoms with Gasteiger partial charge in [-0.25, -0.2) is 12.7 Å². The van der Waals surface area contributed by atoms with E-state index in [4.69, 9.17) is 0 Å². The van der Waals surface area contributed by atoms with Crippen molar-refractivity contribution in [2.45, 2.75) is 51.0 Å². The lowest BCUT2D eigenvalue weighted by Gasteiger charge is -2.36. The van der Waals surface area contributed by atoms with Crippen LogP contribution in [0, 0.1) is 5.92 Å². The average molecular weight is 379 g/mol. The molecule has 1 aromatic carbocycles. The predicted octanol–water partition coefficient (Wildman–Crippen LogP) is 2.67. The highest BCUT2D eigenvalue weighted by Gasteiger charge is 2.35. The fourth-order valence-corrected chi connectivity index (χ4v) is 5.17. The molecule has 0 N–H and O–H groups in total. The molecule has 0 spiro atoms. The molecule has 3 rings (SSSR count). The van der Waals surface area contributed by atoms with Gasteiger partial charge in [-0.15, -0.1) is 0 Å². The van der Waals surface area contributed by atoms with Crippen molar-refractivity contribution in [3.05, 3.63) is 35.9 Å². The summed E-state index contributed by atoms with van der Waals surface area (Å²) < 4.78 is 25.3. The largest absolute Gasteiger partial charge is 0.339 e. The minimum Gasteiger partial charge on any atom is -0.339 e. The summed E-state index contributed by atoms with van der Waals surface area (Å²) in [5.74, 6) is -0.0453. The van der Waals surface area contributed by atoms with Crippen molar-refractivity contribution < 1.29 is 13.2 Å². The number of carbonyl (C=O) groups is 1. The molecule has 26 heavy (non-hydrogen) atoms.